The van der Waals surface area contributed by atoms with Gasteiger partial charge in [-0.25, -0.2) is 18.0 Å². The molecular weight excluding hydrogens is 645 g/mol. The van der Waals surface area contributed by atoms with Crippen molar-refractivity contribution in [2.24, 2.45) is 11.8 Å². The molecule has 1 aliphatic carbocycles. The van der Waals surface area contributed by atoms with Gasteiger partial charge in [0, 0.05) is 44.2 Å². The summed E-state index contributed by atoms with van der Waals surface area (Å²) in [6, 6.07) is 11.9. The lowest BCUT2D eigenvalue weighted by atomic mass is 9.58. The Bertz CT molecular complexity index is 1530. The van der Waals surface area contributed by atoms with E-state index in [1.165, 1.54) is 19.2 Å². The smallest absolute Gasteiger partial charge is 0.407 e. The summed E-state index contributed by atoms with van der Waals surface area (Å²) in [6.45, 7) is 5.89. The van der Waals surface area contributed by atoms with Crippen LogP contribution in [0.3, 0.4) is 0 Å². The molecule has 3 heterocycles. The van der Waals surface area contributed by atoms with Crippen LogP contribution in [0.5, 0.6) is 0 Å². The van der Waals surface area contributed by atoms with Gasteiger partial charge in [0.25, 0.3) is 0 Å². The van der Waals surface area contributed by atoms with Crippen LogP contribution in [0.2, 0.25) is 0 Å². The Morgan fingerprint density at radius 1 is 1.08 bits per heavy atom. The van der Waals surface area contributed by atoms with E-state index in [2.05, 4.69) is 27.3 Å². The normalized spacial score (nSPS) is 24.4. The van der Waals surface area contributed by atoms with Gasteiger partial charge in [-0.3, -0.25) is 9.80 Å². The first-order valence-corrected chi connectivity index (χ1v) is 18.0. The molecule has 6 rings (SSSR count). The second-order valence-electron chi connectivity index (χ2n) is 15.1. The van der Waals surface area contributed by atoms with Gasteiger partial charge in [-0.2, -0.15) is 5.26 Å². The number of piperidine rings is 1. The Morgan fingerprint density at radius 3 is 2.48 bits per heavy atom. The SMILES string of the molecule is COC(=O)N[C@H]1CCC[C@@H]1[C@](CN1CCOCC1)(c1cccc(F)c1)C1CCN(CC2(F)CN(c3cc(CN(C)C)c(C#N)cc3F)C2)CC1. The number of amides is 1. The third-order valence-corrected chi connectivity index (χ3v) is 11.5. The number of alkyl carbamates (subject to hydrolysis) is 1. The summed E-state index contributed by atoms with van der Waals surface area (Å²) in [4.78, 5) is 20.8. The van der Waals surface area contributed by atoms with Crippen molar-refractivity contribution in [1.29, 1.82) is 5.26 Å². The van der Waals surface area contributed by atoms with E-state index in [0.29, 0.717) is 44.1 Å². The number of nitrogens with zero attached hydrogens (tertiary/aromatic N) is 5. The van der Waals surface area contributed by atoms with Gasteiger partial charge < -0.3 is 24.6 Å². The minimum Gasteiger partial charge on any atom is -0.453 e. The second kappa shape index (κ2) is 15.5. The van der Waals surface area contributed by atoms with E-state index in [1.807, 2.05) is 19.0 Å². The average molecular weight is 697 g/mol. The van der Waals surface area contributed by atoms with E-state index in [4.69, 9.17) is 9.47 Å². The molecule has 3 saturated heterocycles. The summed E-state index contributed by atoms with van der Waals surface area (Å²) in [6.07, 6.45) is 3.85. The second-order valence-corrected chi connectivity index (χ2v) is 15.1. The van der Waals surface area contributed by atoms with Gasteiger partial charge in [0.05, 0.1) is 50.7 Å². The first-order chi connectivity index (χ1) is 24.0. The van der Waals surface area contributed by atoms with Crippen LogP contribution in [0.1, 0.15) is 48.8 Å². The predicted octanol–water partition coefficient (Wildman–Crippen LogP) is 4.93. The maximum Gasteiger partial charge on any atom is 0.407 e. The molecule has 50 heavy (non-hydrogen) atoms. The van der Waals surface area contributed by atoms with E-state index >= 15 is 13.2 Å². The van der Waals surface area contributed by atoms with Gasteiger partial charge in [-0.15, -0.1) is 0 Å². The number of carbonyl (C=O) groups is 1. The highest BCUT2D eigenvalue weighted by atomic mass is 19.1. The lowest BCUT2D eigenvalue weighted by Gasteiger charge is -2.53. The quantitative estimate of drug-likeness (QED) is 0.354. The molecule has 0 spiro atoms. The molecular formula is C38H51F3N6O3. The van der Waals surface area contributed by atoms with Gasteiger partial charge in [-0.05, 0) is 100 Å². The van der Waals surface area contributed by atoms with Gasteiger partial charge >= 0.3 is 6.09 Å². The van der Waals surface area contributed by atoms with Gasteiger partial charge in [0.2, 0.25) is 0 Å². The standard InChI is InChI=1S/C38H51F3N6O3/c1-44(2)22-28-19-35(33(40)18-27(28)21-42)47-24-37(41,25-47)23-45-12-10-29(11-13-45)38(26-46-14-16-50-17-15-46,30-6-4-7-31(39)20-30)32-8-5-9-34(32)43-36(48)49-3/h4,6-7,18-20,29,32,34H,5,8-17,22-26H2,1-3H3,(H,43,48)/t32-,34-,38-/m0/s1. The molecule has 1 amide bonds. The summed E-state index contributed by atoms with van der Waals surface area (Å²) < 4.78 is 57.1. The highest BCUT2D eigenvalue weighted by Crippen LogP contribution is 2.51. The molecule has 272 valence electrons. The number of methoxy groups -OCH3 is 1. The number of morpholine rings is 1. The topological polar surface area (TPSA) is 84.3 Å². The number of likely N-dealkylation sites (tertiary alicyclic amines) is 1. The fourth-order valence-electron chi connectivity index (χ4n) is 9.30. The molecule has 0 aromatic heterocycles. The van der Waals surface area contributed by atoms with Gasteiger partial charge in [0.1, 0.15) is 11.6 Å². The van der Waals surface area contributed by atoms with Crippen molar-refractivity contribution >= 4 is 11.8 Å². The summed E-state index contributed by atoms with van der Waals surface area (Å²) in [5.41, 5.74) is 0.373. The van der Waals surface area contributed by atoms with E-state index in [0.717, 1.165) is 62.9 Å². The Balaban J connectivity index is 1.20. The molecule has 0 radical (unpaired) electrons. The number of anilines is 1. The molecule has 9 nitrogen and oxygen atoms in total. The molecule has 4 aliphatic rings. The largest absolute Gasteiger partial charge is 0.453 e. The summed E-state index contributed by atoms with van der Waals surface area (Å²) in [5.74, 6) is -0.545. The van der Waals surface area contributed by atoms with E-state index in [1.54, 1.807) is 23.1 Å². The number of hydrogen-bond donors (Lipinski definition) is 1. The van der Waals surface area contributed by atoms with Crippen LogP contribution >= 0.6 is 0 Å². The number of nitriles is 1. The van der Waals surface area contributed by atoms with Crippen LogP contribution < -0.4 is 10.2 Å². The molecule has 2 aromatic rings. The van der Waals surface area contributed by atoms with Crippen molar-refractivity contribution in [1.82, 2.24) is 20.0 Å². The third kappa shape index (κ3) is 7.76. The Kier molecular flexibility index (Phi) is 11.3. The monoisotopic (exact) mass is 696 g/mol. The lowest BCUT2D eigenvalue weighted by Crippen LogP contribution is -2.65. The highest BCUT2D eigenvalue weighted by molar-refractivity contribution is 5.67. The molecule has 1 saturated carbocycles. The number of alkyl halides is 1. The number of halogens is 3. The molecule has 2 aromatic carbocycles. The Hall–Kier alpha value is -3.37. The number of hydrogen-bond acceptors (Lipinski definition) is 8. The molecule has 12 heteroatoms. The summed E-state index contributed by atoms with van der Waals surface area (Å²) >= 11 is 0. The van der Waals surface area contributed by atoms with E-state index in [9.17, 15) is 10.1 Å². The minimum atomic E-state index is -1.48. The number of rotatable bonds is 11. The molecule has 4 fully saturated rings. The van der Waals surface area contributed by atoms with Crippen molar-refractivity contribution in [2.75, 3.05) is 91.7 Å². The van der Waals surface area contributed by atoms with Crippen molar-refractivity contribution in [3.8, 4) is 6.07 Å². The average Bonchev–Trinajstić information content (AvgIpc) is 3.55. The van der Waals surface area contributed by atoms with Crippen molar-refractivity contribution in [2.45, 2.75) is 55.8 Å². The van der Waals surface area contributed by atoms with E-state index < -0.39 is 23.0 Å². The number of nitrogens with one attached hydrogen (secondary N) is 1. The van der Waals surface area contributed by atoms with Crippen LogP contribution in [0, 0.1) is 34.8 Å². The zero-order chi connectivity index (χ0) is 35.5. The van der Waals surface area contributed by atoms with E-state index in [-0.39, 0.29) is 43.3 Å². The van der Waals surface area contributed by atoms with Crippen molar-refractivity contribution < 1.29 is 27.4 Å². The minimum absolute atomic E-state index is 0.0650. The fraction of sp³-hybridized carbons (Fsp3) is 0.632. The number of ether oxygens (including phenoxy) is 2. The first kappa shape index (κ1) is 36.4. The number of carbonyl (C=O) groups excluding carboxylic acids is 1. The highest BCUT2D eigenvalue weighted by Gasteiger charge is 2.53. The summed E-state index contributed by atoms with van der Waals surface area (Å²) in [7, 11) is 5.16. The molecule has 0 unspecified atom stereocenters. The van der Waals surface area contributed by atoms with Crippen LogP contribution in [-0.4, -0.2) is 119 Å². The van der Waals surface area contributed by atoms with Crippen LogP contribution in [0.4, 0.5) is 23.7 Å². The molecule has 3 aliphatic heterocycles. The maximum absolute atomic E-state index is 16.2. The molecule has 3 atom stereocenters. The molecule has 1 N–H and O–H groups in total. The van der Waals surface area contributed by atoms with Crippen molar-refractivity contribution in [3.63, 3.8) is 0 Å². The van der Waals surface area contributed by atoms with Crippen LogP contribution in [0.25, 0.3) is 0 Å². The predicted molar refractivity (Wildman–Crippen MR) is 186 cm³/mol. The van der Waals surface area contributed by atoms with Gasteiger partial charge in [0.15, 0.2) is 5.67 Å². The summed E-state index contributed by atoms with van der Waals surface area (Å²) in [5, 5.41) is 12.6. The van der Waals surface area contributed by atoms with Crippen LogP contribution in [0.15, 0.2) is 36.4 Å². The van der Waals surface area contributed by atoms with Gasteiger partial charge in [-0.1, -0.05) is 18.6 Å². The Morgan fingerprint density at radius 2 is 1.82 bits per heavy atom. The lowest BCUT2D eigenvalue weighted by molar-refractivity contribution is -0.0124. The zero-order valence-electron chi connectivity index (χ0n) is 29.6. The van der Waals surface area contributed by atoms with Crippen molar-refractivity contribution in [3.05, 3.63) is 64.7 Å². The number of benzene rings is 2. The first-order valence-electron chi connectivity index (χ1n) is 18.0. The van der Waals surface area contributed by atoms with Crippen LogP contribution in [-0.2, 0) is 21.4 Å². The third-order valence-electron chi connectivity index (χ3n) is 11.5. The maximum atomic E-state index is 16.2. The fourth-order valence-corrected chi connectivity index (χ4v) is 9.30. The molecule has 0 bridgehead atoms. The zero-order valence-corrected chi connectivity index (χ0v) is 29.6. The Labute approximate surface area is 294 Å².